The maximum atomic E-state index is 11.9. The minimum Gasteiger partial charge on any atom is -0.448 e. The van der Waals surface area contributed by atoms with Crippen molar-refractivity contribution in [1.82, 2.24) is 20.2 Å². The van der Waals surface area contributed by atoms with Crippen molar-refractivity contribution in [2.75, 3.05) is 5.75 Å². The molecule has 7 nitrogen and oxygen atoms in total. The average Bonchev–Trinajstić information content (AvgIpc) is 3.19. The van der Waals surface area contributed by atoms with Crippen LogP contribution in [0.2, 0.25) is 0 Å². The van der Waals surface area contributed by atoms with Crippen LogP contribution in [0.15, 0.2) is 60.2 Å². The van der Waals surface area contributed by atoms with Crippen LogP contribution in [0.1, 0.15) is 5.76 Å². The van der Waals surface area contributed by atoms with Crippen molar-refractivity contribution in [2.24, 2.45) is 12.1 Å². The molecule has 0 atom stereocenters. The predicted octanol–water partition coefficient (Wildman–Crippen LogP) is 3.84. The number of furan rings is 1. The van der Waals surface area contributed by atoms with Crippen molar-refractivity contribution >= 4 is 55.7 Å². The largest absolute Gasteiger partial charge is 0.448 e. The zero-order chi connectivity index (χ0) is 18.5. The van der Waals surface area contributed by atoms with Crippen LogP contribution in [0.4, 0.5) is 0 Å². The van der Waals surface area contributed by atoms with Gasteiger partial charge in [-0.05, 0) is 40.2 Å². The van der Waals surface area contributed by atoms with Crippen molar-refractivity contribution in [1.29, 1.82) is 0 Å². The van der Waals surface area contributed by atoms with E-state index in [4.69, 9.17) is 4.42 Å². The topological polar surface area (TPSA) is 85.3 Å². The quantitative estimate of drug-likeness (QED) is 0.317. The molecule has 0 saturated carbocycles. The fourth-order valence-corrected chi connectivity index (χ4v) is 3.47. The maximum absolute atomic E-state index is 11.9. The fraction of sp³-hybridized carbons (Fsp3) is 0.125. The van der Waals surface area contributed by atoms with E-state index in [9.17, 15) is 4.79 Å². The highest BCUT2D eigenvalue weighted by molar-refractivity contribution is 9.10. The lowest BCUT2D eigenvalue weighted by molar-refractivity contribution is -0.118. The molecule has 134 valence electrons. The summed E-state index contributed by atoms with van der Waals surface area (Å²) < 4.78 is 8.67. The minimum atomic E-state index is -0.246. The van der Waals surface area contributed by atoms with Crippen molar-refractivity contribution in [2.45, 2.75) is 5.16 Å². The van der Waals surface area contributed by atoms with Gasteiger partial charge in [-0.3, -0.25) is 4.79 Å². The molecule has 0 radical (unpaired) electrons. The van der Waals surface area contributed by atoms with Gasteiger partial charge in [0.05, 0.1) is 12.0 Å². The number of hydrogen-bond donors (Lipinski definition) is 1. The fourth-order valence-electron chi connectivity index (χ4n) is 2.05. The second-order valence-corrected chi connectivity index (χ2v) is 7.74. The van der Waals surface area contributed by atoms with Gasteiger partial charge < -0.3 is 8.98 Å². The first-order valence-electron chi connectivity index (χ1n) is 7.38. The molecular formula is C16H13Br2N5O2S. The Bertz CT molecular complexity index is 954. The molecule has 0 saturated heterocycles. The summed E-state index contributed by atoms with van der Waals surface area (Å²) in [5, 5.41) is 12.8. The molecule has 0 aliphatic rings. The summed E-state index contributed by atoms with van der Waals surface area (Å²) in [6.45, 7) is 0. The van der Waals surface area contributed by atoms with E-state index in [0.717, 1.165) is 15.9 Å². The van der Waals surface area contributed by atoms with Crippen LogP contribution < -0.4 is 5.43 Å². The molecule has 10 heteroatoms. The average molecular weight is 499 g/mol. The SMILES string of the molecule is Cn1c(SCC(=O)N/N=C\c2ccc(Br)o2)nnc1-c1cccc(Br)c1. The van der Waals surface area contributed by atoms with Gasteiger partial charge in [0.25, 0.3) is 5.91 Å². The number of hydrogen-bond acceptors (Lipinski definition) is 6. The molecule has 3 aromatic rings. The van der Waals surface area contributed by atoms with E-state index in [1.165, 1.54) is 18.0 Å². The Kier molecular flexibility index (Phi) is 6.28. The number of carbonyl (C=O) groups excluding carboxylic acids is 1. The second kappa shape index (κ2) is 8.65. The first-order valence-corrected chi connectivity index (χ1v) is 9.95. The number of nitrogens with zero attached hydrogens (tertiary/aromatic N) is 4. The molecule has 1 amide bonds. The number of aromatic nitrogens is 3. The van der Waals surface area contributed by atoms with Gasteiger partial charge in [0.15, 0.2) is 15.7 Å². The lowest BCUT2D eigenvalue weighted by Gasteiger charge is -2.04. The first-order chi connectivity index (χ1) is 12.5. The van der Waals surface area contributed by atoms with Gasteiger partial charge >= 0.3 is 0 Å². The Hall–Kier alpha value is -1.91. The van der Waals surface area contributed by atoms with Gasteiger partial charge in [0.1, 0.15) is 5.76 Å². The number of thioether (sulfide) groups is 1. The van der Waals surface area contributed by atoms with E-state index in [-0.39, 0.29) is 11.7 Å². The summed E-state index contributed by atoms with van der Waals surface area (Å²) in [4.78, 5) is 11.9. The van der Waals surface area contributed by atoms with Crippen molar-refractivity contribution in [3.8, 4) is 11.4 Å². The van der Waals surface area contributed by atoms with Gasteiger partial charge in [-0.15, -0.1) is 10.2 Å². The number of hydrazone groups is 1. The van der Waals surface area contributed by atoms with Crippen molar-refractivity contribution in [3.05, 3.63) is 51.3 Å². The molecule has 2 heterocycles. The van der Waals surface area contributed by atoms with E-state index in [1.807, 2.05) is 35.9 Å². The lowest BCUT2D eigenvalue weighted by atomic mass is 10.2. The Morgan fingerprint density at radius 2 is 2.19 bits per heavy atom. The Morgan fingerprint density at radius 3 is 2.92 bits per heavy atom. The summed E-state index contributed by atoms with van der Waals surface area (Å²) in [7, 11) is 1.86. The Labute approximate surface area is 170 Å². The Balaban J connectivity index is 1.56. The third-order valence-electron chi connectivity index (χ3n) is 3.23. The van der Waals surface area contributed by atoms with Gasteiger partial charge in [-0.2, -0.15) is 5.10 Å². The van der Waals surface area contributed by atoms with E-state index in [0.29, 0.717) is 15.6 Å². The smallest absolute Gasteiger partial charge is 0.250 e. The van der Waals surface area contributed by atoms with Crippen LogP contribution in [-0.4, -0.2) is 32.6 Å². The molecule has 1 N–H and O–H groups in total. The van der Waals surface area contributed by atoms with E-state index in [1.54, 1.807) is 12.1 Å². The van der Waals surface area contributed by atoms with Crippen molar-refractivity contribution < 1.29 is 9.21 Å². The Morgan fingerprint density at radius 1 is 1.35 bits per heavy atom. The monoisotopic (exact) mass is 497 g/mol. The molecule has 0 bridgehead atoms. The lowest BCUT2D eigenvalue weighted by Crippen LogP contribution is -2.19. The summed E-state index contributed by atoms with van der Waals surface area (Å²) in [5.74, 6) is 1.19. The standard InChI is InChI=1S/C16H13Br2N5O2S/c1-23-15(10-3-2-4-11(17)7-10)21-22-16(23)26-9-14(24)20-19-8-12-5-6-13(18)25-12/h2-8H,9H2,1H3,(H,20,24)/b19-8-. The number of nitrogens with one attached hydrogen (secondary N) is 1. The minimum absolute atomic E-state index is 0.170. The van der Waals surface area contributed by atoms with Crippen LogP contribution in [0.3, 0.4) is 0 Å². The normalized spacial score (nSPS) is 11.2. The number of rotatable bonds is 6. The highest BCUT2D eigenvalue weighted by Gasteiger charge is 2.13. The summed E-state index contributed by atoms with van der Waals surface area (Å²) in [6, 6.07) is 11.3. The van der Waals surface area contributed by atoms with E-state index in [2.05, 4.69) is 52.6 Å². The molecule has 3 rings (SSSR count). The molecule has 26 heavy (non-hydrogen) atoms. The number of halogens is 2. The van der Waals surface area contributed by atoms with Crippen LogP contribution in [0.5, 0.6) is 0 Å². The molecule has 1 aromatic carbocycles. The summed E-state index contributed by atoms with van der Waals surface area (Å²) in [6.07, 6.45) is 1.43. The zero-order valence-corrected chi connectivity index (χ0v) is 17.5. The first kappa shape index (κ1) is 18.9. The zero-order valence-electron chi connectivity index (χ0n) is 13.5. The van der Waals surface area contributed by atoms with Crippen LogP contribution in [-0.2, 0) is 11.8 Å². The molecule has 0 spiro atoms. The number of amides is 1. The third-order valence-corrected chi connectivity index (χ3v) is 5.16. The second-order valence-electron chi connectivity index (χ2n) is 5.10. The molecule has 0 aliphatic carbocycles. The van der Waals surface area contributed by atoms with Crippen LogP contribution in [0.25, 0.3) is 11.4 Å². The molecular weight excluding hydrogens is 486 g/mol. The molecule has 2 aromatic heterocycles. The van der Waals surface area contributed by atoms with Gasteiger partial charge in [-0.25, -0.2) is 5.43 Å². The third kappa shape index (κ3) is 4.83. The predicted molar refractivity (Wildman–Crippen MR) is 107 cm³/mol. The van der Waals surface area contributed by atoms with Gasteiger partial charge in [-0.1, -0.05) is 39.8 Å². The number of benzene rings is 1. The highest BCUT2D eigenvalue weighted by atomic mass is 79.9. The van der Waals surface area contributed by atoms with Crippen LogP contribution in [0, 0.1) is 0 Å². The highest BCUT2D eigenvalue weighted by Crippen LogP contribution is 2.24. The molecule has 0 fully saturated rings. The van der Waals surface area contributed by atoms with Crippen LogP contribution >= 0.6 is 43.6 Å². The maximum Gasteiger partial charge on any atom is 0.250 e. The van der Waals surface area contributed by atoms with Gasteiger partial charge in [0, 0.05) is 17.1 Å². The summed E-state index contributed by atoms with van der Waals surface area (Å²) >= 11 is 7.93. The van der Waals surface area contributed by atoms with Crippen molar-refractivity contribution in [3.63, 3.8) is 0 Å². The van der Waals surface area contributed by atoms with E-state index >= 15 is 0 Å². The number of carbonyl (C=O) groups is 1. The summed E-state index contributed by atoms with van der Waals surface area (Å²) in [5.41, 5.74) is 3.39. The van der Waals surface area contributed by atoms with E-state index < -0.39 is 0 Å². The molecule has 0 aliphatic heterocycles. The van der Waals surface area contributed by atoms with Gasteiger partial charge in [0.2, 0.25) is 0 Å². The molecule has 0 unspecified atom stereocenters.